The SMILES string of the molecule is CC(CCNc1cc(Br)ccc1C(N)=S)c1ccccc1. The minimum absolute atomic E-state index is 0.418. The molecule has 21 heavy (non-hydrogen) atoms. The third kappa shape index (κ3) is 4.55. The van der Waals surface area contributed by atoms with Crippen LogP contribution in [0.5, 0.6) is 0 Å². The van der Waals surface area contributed by atoms with Crippen LogP contribution in [0.1, 0.15) is 30.4 Å². The van der Waals surface area contributed by atoms with E-state index >= 15 is 0 Å². The highest BCUT2D eigenvalue weighted by Crippen LogP contribution is 2.23. The molecule has 0 radical (unpaired) electrons. The van der Waals surface area contributed by atoms with E-state index in [1.54, 1.807) is 0 Å². The lowest BCUT2D eigenvalue weighted by atomic mass is 9.98. The zero-order chi connectivity index (χ0) is 15.2. The molecule has 0 aliphatic rings. The molecule has 1 unspecified atom stereocenters. The topological polar surface area (TPSA) is 38.0 Å². The first kappa shape index (κ1) is 16.0. The van der Waals surface area contributed by atoms with Crippen molar-refractivity contribution in [1.82, 2.24) is 0 Å². The molecule has 0 saturated carbocycles. The van der Waals surface area contributed by atoms with E-state index in [-0.39, 0.29) is 0 Å². The van der Waals surface area contributed by atoms with E-state index in [9.17, 15) is 0 Å². The lowest BCUT2D eigenvalue weighted by molar-refractivity contribution is 0.706. The maximum atomic E-state index is 5.76. The van der Waals surface area contributed by atoms with Crippen molar-refractivity contribution in [3.8, 4) is 0 Å². The van der Waals surface area contributed by atoms with Crippen LogP contribution in [0.15, 0.2) is 53.0 Å². The molecule has 0 aliphatic carbocycles. The van der Waals surface area contributed by atoms with Crippen molar-refractivity contribution in [2.75, 3.05) is 11.9 Å². The number of hydrogen-bond acceptors (Lipinski definition) is 2. The Morgan fingerprint density at radius 2 is 1.95 bits per heavy atom. The van der Waals surface area contributed by atoms with E-state index in [0.29, 0.717) is 10.9 Å². The van der Waals surface area contributed by atoms with Crippen molar-refractivity contribution in [2.45, 2.75) is 19.3 Å². The van der Waals surface area contributed by atoms with Gasteiger partial charge in [-0.2, -0.15) is 0 Å². The second-order valence-corrected chi connectivity index (χ2v) is 6.44. The number of nitrogens with two attached hydrogens (primary N) is 1. The summed E-state index contributed by atoms with van der Waals surface area (Å²) in [4.78, 5) is 0.418. The predicted molar refractivity (Wildman–Crippen MR) is 98.0 cm³/mol. The summed E-state index contributed by atoms with van der Waals surface area (Å²) in [6.07, 6.45) is 1.05. The fraction of sp³-hybridized carbons (Fsp3) is 0.235. The minimum atomic E-state index is 0.418. The summed E-state index contributed by atoms with van der Waals surface area (Å²) in [6.45, 7) is 3.12. The van der Waals surface area contributed by atoms with Gasteiger partial charge in [0, 0.05) is 22.3 Å². The van der Waals surface area contributed by atoms with E-state index < -0.39 is 0 Å². The van der Waals surface area contributed by atoms with Crippen molar-refractivity contribution in [1.29, 1.82) is 0 Å². The minimum Gasteiger partial charge on any atom is -0.389 e. The van der Waals surface area contributed by atoms with Crippen LogP contribution in [0.2, 0.25) is 0 Å². The Morgan fingerprint density at radius 1 is 1.24 bits per heavy atom. The molecule has 2 nitrogen and oxygen atoms in total. The average Bonchev–Trinajstić information content (AvgIpc) is 2.48. The van der Waals surface area contributed by atoms with Gasteiger partial charge in [0.25, 0.3) is 0 Å². The van der Waals surface area contributed by atoms with Crippen molar-refractivity contribution < 1.29 is 0 Å². The van der Waals surface area contributed by atoms with Crippen molar-refractivity contribution >= 4 is 38.8 Å². The molecule has 2 rings (SSSR count). The second kappa shape index (κ2) is 7.57. The first-order valence-electron chi connectivity index (χ1n) is 6.96. The van der Waals surface area contributed by atoms with Gasteiger partial charge in [0.05, 0.1) is 0 Å². The zero-order valence-electron chi connectivity index (χ0n) is 12.0. The van der Waals surface area contributed by atoms with Crippen LogP contribution in [0, 0.1) is 0 Å². The number of benzene rings is 2. The summed E-state index contributed by atoms with van der Waals surface area (Å²) < 4.78 is 1.01. The van der Waals surface area contributed by atoms with Gasteiger partial charge in [0.1, 0.15) is 4.99 Å². The van der Waals surface area contributed by atoms with Gasteiger partial charge in [-0.15, -0.1) is 0 Å². The van der Waals surface area contributed by atoms with Crippen LogP contribution in [0.3, 0.4) is 0 Å². The van der Waals surface area contributed by atoms with Crippen LogP contribution < -0.4 is 11.1 Å². The number of nitrogens with one attached hydrogen (secondary N) is 1. The highest BCUT2D eigenvalue weighted by molar-refractivity contribution is 9.10. The average molecular weight is 363 g/mol. The van der Waals surface area contributed by atoms with Crippen molar-refractivity contribution in [3.05, 3.63) is 64.1 Å². The van der Waals surface area contributed by atoms with Gasteiger partial charge in [-0.1, -0.05) is 65.4 Å². The van der Waals surface area contributed by atoms with Gasteiger partial charge < -0.3 is 11.1 Å². The number of rotatable bonds is 6. The third-order valence-electron chi connectivity index (χ3n) is 3.51. The van der Waals surface area contributed by atoms with Crippen LogP contribution >= 0.6 is 28.1 Å². The van der Waals surface area contributed by atoms with E-state index in [2.05, 4.69) is 52.4 Å². The first-order valence-corrected chi connectivity index (χ1v) is 8.16. The van der Waals surface area contributed by atoms with Crippen LogP contribution in [-0.4, -0.2) is 11.5 Å². The maximum Gasteiger partial charge on any atom is 0.106 e. The fourth-order valence-electron chi connectivity index (χ4n) is 2.25. The summed E-state index contributed by atoms with van der Waals surface area (Å²) in [7, 11) is 0. The Balaban J connectivity index is 1.97. The molecule has 0 saturated heterocycles. The fourth-order valence-corrected chi connectivity index (χ4v) is 2.79. The molecular formula is C17H19BrN2S. The number of anilines is 1. The third-order valence-corrected chi connectivity index (χ3v) is 4.22. The quantitative estimate of drug-likeness (QED) is 0.732. The van der Waals surface area contributed by atoms with Gasteiger partial charge in [-0.3, -0.25) is 0 Å². The molecule has 2 aromatic carbocycles. The molecule has 4 heteroatoms. The molecule has 2 aromatic rings. The summed E-state index contributed by atoms with van der Waals surface area (Å²) in [6, 6.07) is 16.5. The maximum absolute atomic E-state index is 5.76. The zero-order valence-corrected chi connectivity index (χ0v) is 14.4. The molecule has 110 valence electrons. The molecule has 0 aromatic heterocycles. The highest BCUT2D eigenvalue weighted by Gasteiger charge is 2.08. The van der Waals surface area contributed by atoms with Crippen LogP contribution in [0.25, 0.3) is 0 Å². The summed E-state index contributed by atoms with van der Waals surface area (Å²) in [5.41, 5.74) is 9.00. The van der Waals surface area contributed by atoms with Gasteiger partial charge in [-0.25, -0.2) is 0 Å². The van der Waals surface area contributed by atoms with Crippen molar-refractivity contribution in [3.63, 3.8) is 0 Å². The Morgan fingerprint density at radius 3 is 2.62 bits per heavy atom. The first-order chi connectivity index (χ1) is 10.1. The van der Waals surface area contributed by atoms with Crippen LogP contribution in [-0.2, 0) is 0 Å². The molecule has 0 spiro atoms. The second-order valence-electron chi connectivity index (χ2n) is 5.08. The molecule has 3 N–H and O–H groups in total. The van der Waals surface area contributed by atoms with E-state index in [0.717, 1.165) is 28.7 Å². The number of halogens is 1. The van der Waals surface area contributed by atoms with E-state index in [1.165, 1.54) is 5.56 Å². The Hall–Kier alpha value is -1.39. The summed E-state index contributed by atoms with van der Waals surface area (Å²) in [5, 5.41) is 3.44. The smallest absolute Gasteiger partial charge is 0.106 e. The molecule has 0 bridgehead atoms. The lowest BCUT2D eigenvalue weighted by Crippen LogP contribution is -2.14. The Kier molecular flexibility index (Phi) is 5.76. The van der Waals surface area contributed by atoms with Gasteiger partial charge in [0.15, 0.2) is 0 Å². The number of hydrogen-bond donors (Lipinski definition) is 2. The predicted octanol–water partition coefficient (Wildman–Crippen LogP) is 4.69. The van der Waals surface area contributed by atoms with E-state index in [1.807, 2.05) is 24.3 Å². The summed E-state index contributed by atoms with van der Waals surface area (Å²) in [5.74, 6) is 0.513. The standard InChI is InChI=1S/C17H19BrN2S/c1-12(13-5-3-2-4-6-13)9-10-20-16-11-14(18)7-8-15(16)17(19)21/h2-8,11-12,20H,9-10H2,1H3,(H2,19,21). The normalized spacial score (nSPS) is 11.9. The van der Waals surface area contributed by atoms with Gasteiger partial charge in [-0.05, 0) is 36.1 Å². The molecule has 0 heterocycles. The molecule has 0 amide bonds. The summed E-state index contributed by atoms with van der Waals surface area (Å²) >= 11 is 8.57. The Bertz CT molecular complexity index is 613. The van der Waals surface area contributed by atoms with Crippen LogP contribution in [0.4, 0.5) is 5.69 Å². The molecule has 1 atom stereocenters. The Labute approximate surface area is 139 Å². The molecule has 0 aliphatic heterocycles. The monoisotopic (exact) mass is 362 g/mol. The highest BCUT2D eigenvalue weighted by atomic mass is 79.9. The molecule has 0 fully saturated rings. The number of thiocarbonyl (C=S) groups is 1. The van der Waals surface area contributed by atoms with Gasteiger partial charge in [0.2, 0.25) is 0 Å². The van der Waals surface area contributed by atoms with Gasteiger partial charge >= 0.3 is 0 Å². The van der Waals surface area contributed by atoms with Crippen molar-refractivity contribution in [2.24, 2.45) is 5.73 Å². The lowest BCUT2D eigenvalue weighted by Gasteiger charge is -2.15. The molecular weight excluding hydrogens is 344 g/mol. The largest absolute Gasteiger partial charge is 0.389 e. The van der Waals surface area contributed by atoms with E-state index in [4.69, 9.17) is 18.0 Å².